The summed E-state index contributed by atoms with van der Waals surface area (Å²) in [6, 6.07) is 0.622. The highest BCUT2D eigenvalue weighted by molar-refractivity contribution is 8.13. The number of rotatable bonds is 3. The van der Waals surface area contributed by atoms with Gasteiger partial charge in [0.15, 0.2) is 5.17 Å². The molecule has 0 amide bonds. The van der Waals surface area contributed by atoms with Gasteiger partial charge in [-0.05, 0) is 37.4 Å². The van der Waals surface area contributed by atoms with Crippen LogP contribution in [0.15, 0.2) is 4.99 Å². The predicted molar refractivity (Wildman–Crippen MR) is 75.2 cm³/mol. The fraction of sp³-hybridized carbons (Fsp3) is 0.923. The van der Waals surface area contributed by atoms with Crippen molar-refractivity contribution in [3.05, 3.63) is 0 Å². The van der Waals surface area contributed by atoms with Crippen molar-refractivity contribution in [2.75, 3.05) is 12.8 Å². The first kappa shape index (κ1) is 13.9. The molecular weight excluding hydrogens is 216 g/mol. The maximum absolute atomic E-state index is 4.59. The minimum Gasteiger partial charge on any atom is -0.362 e. The van der Waals surface area contributed by atoms with Crippen molar-refractivity contribution in [3.8, 4) is 0 Å². The smallest absolute Gasteiger partial charge is 0.156 e. The van der Waals surface area contributed by atoms with Gasteiger partial charge >= 0.3 is 0 Å². The van der Waals surface area contributed by atoms with Crippen molar-refractivity contribution in [2.24, 2.45) is 16.8 Å². The van der Waals surface area contributed by atoms with Crippen molar-refractivity contribution in [2.45, 2.75) is 52.5 Å². The Morgan fingerprint density at radius 3 is 2.44 bits per heavy atom. The lowest BCUT2D eigenvalue weighted by molar-refractivity contribution is 0.232. The van der Waals surface area contributed by atoms with Crippen LogP contribution in [0.25, 0.3) is 0 Å². The first-order valence-corrected chi connectivity index (χ1v) is 7.76. The van der Waals surface area contributed by atoms with Gasteiger partial charge in [-0.3, -0.25) is 4.99 Å². The number of hydrogen-bond donors (Lipinski definition) is 1. The van der Waals surface area contributed by atoms with E-state index in [2.05, 4.69) is 37.3 Å². The van der Waals surface area contributed by atoms with Gasteiger partial charge in [0.1, 0.15) is 0 Å². The Labute approximate surface area is 105 Å². The molecule has 0 saturated heterocycles. The molecule has 1 rings (SSSR count). The first-order valence-electron chi connectivity index (χ1n) is 6.54. The van der Waals surface area contributed by atoms with Crippen LogP contribution in [0.5, 0.6) is 0 Å². The summed E-state index contributed by atoms with van der Waals surface area (Å²) >= 11 is 1.75. The van der Waals surface area contributed by atoms with E-state index >= 15 is 0 Å². The molecule has 2 nitrogen and oxygen atoms in total. The summed E-state index contributed by atoms with van der Waals surface area (Å²) in [5.74, 6) is 1.56. The van der Waals surface area contributed by atoms with E-state index in [0.29, 0.717) is 6.04 Å². The van der Waals surface area contributed by atoms with Gasteiger partial charge in [0.25, 0.3) is 0 Å². The molecule has 0 spiro atoms. The quantitative estimate of drug-likeness (QED) is 0.605. The zero-order chi connectivity index (χ0) is 12.0. The summed E-state index contributed by atoms with van der Waals surface area (Å²) < 4.78 is 0. The molecule has 0 aromatic heterocycles. The van der Waals surface area contributed by atoms with E-state index in [0.717, 1.165) is 30.0 Å². The van der Waals surface area contributed by atoms with Gasteiger partial charge in [0.05, 0.1) is 0 Å². The molecule has 0 radical (unpaired) electrons. The molecule has 16 heavy (non-hydrogen) atoms. The molecule has 0 aromatic carbocycles. The van der Waals surface area contributed by atoms with E-state index in [1.54, 1.807) is 11.8 Å². The van der Waals surface area contributed by atoms with Crippen LogP contribution in [0.4, 0.5) is 0 Å². The second-order valence-corrected chi connectivity index (χ2v) is 5.74. The molecule has 0 bridgehead atoms. The summed E-state index contributed by atoms with van der Waals surface area (Å²) in [5.41, 5.74) is 0. The second-order valence-electron chi connectivity index (χ2n) is 4.95. The first-order chi connectivity index (χ1) is 7.69. The molecule has 2 unspecified atom stereocenters. The van der Waals surface area contributed by atoms with Crippen LogP contribution in [0, 0.1) is 11.8 Å². The minimum atomic E-state index is 0.622. The van der Waals surface area contributed by atoms with Crippen LogP contribution in [0.3, 0.4) is 0 Å². The van der Waals surface area contributed by atoms with Crippen LogP contribution < -0.4 is 5.32 Å². The summed E-state index contributed by atoms with van der Waals surface area (Å²) in [4.78, 5) is 4.59. The van der Waals surface area contributed by atoms with Gasteiger partial charge in [0.2, 0.25) is 0 Å². The molecule has 1 N–H and O–H groups in total. The van der Waals surface area contributed by atoms with Crippen molar-refractivity contribution in [3.63, 3.8) is 0 Å². The maximum Gasteiger partial charge on any atom is 0.156 e. The van der Waals surface area contributed by atoms with E-state index in [9.17, 15) is 0 Å². The van der Waals surface area contributed by atoms with E-state index in [1.165, 1.54) is 19.3 Å². The Morgan fingerprint density at radius 2 is 1.94 bits per heavy atom. The molecule has 0 heterocycles. The average Bonchev–Trinajstić information content (AvgIpc) is 2.28. The number of nitrogens with zero attached hydrogens (tertiary/aromatic N) is 1. The molecular formula is C13H26N2S. The highest BCUT2D eigenvalue weighted by Crippen LogP contribution is 2.29. The van der Waals surface area contributed by atoms with Crippen LogP contribution >= 0.6 is 11.8 Å². The number of aliphatic imine (C=N–C) groups is 1. The minimum absolute atomic E-state index is 0.622. The van der Waals surface area contributed by atoms with Gasteiger partial charge in [-0.15, -0.1) is 0 Å². The highest BCUT2D eigenvalue weighted by atomic mass is 32.2. The van der Waals surface area contributed by atoms with E-state index < -0.39 is 0 Å². The van der Waals surface area contributed by atoms with Crippen LogP contribution in [-0.4, -0.2) is 24.0 Å². The topological polar surface area (TPSA) is 24.4 Å². The fourth-order valence-corrected chi connectivity index (χ4v) is 2.97. The average molecular weight is 242 g/mol. The number of hydrogen-bond acceptors (Lipinski definition) is 2. The summed E-state index contributed by atoms with van der Waals surface area (Å²) in [5, 5.41) is 4.78. The third kappa shape index (κ3) is 4.00. The maximum atomic E-state index is 4.59. The molecule has 1 saturated carbocycles. The Hall–Kier alpha value is -0.180. The van der Waals surface area contributed by atoms with Crippen LogP contribution in [-0.2, 0) is 0 Å². The van der Waals surface area contributed by atoms with Crippen LogP contribution in [0.1, 0.15) is 46.5 Å². The molecule has 0 aromatic rings. The summed E-state index contributed by atoms with van der Waals surface area (Å²) in [6.45, 7) is 7.85. The molecule has 2 atom stereocenters. The van der Waals surface area contributed by atoms with E-state index in [-0.39, 0.29) is 0 Å². The SMILES string of the molecule is CCCN=C(NC1C(C)CCCC1C)SC. The Kier molecular flexibility index (Phi) is 6.25. The predicted octanol–water partition coefficient (Wildman–Crippen LogP) is 3.53. The van der Waals surface area contributed by atoms with E-state index in [1.807, 2.05) is 0 Å². The van der Waals surface area contributed by atoms with Gasteiger partial charge in [-0.25, -0.2) is 0 Å². The lowest BCUT2D eigenvalue weighted by Gasteiger charge is -2.35. The molecule has 1 aliphatic rings. The van der Waals surface area contributed by atoms with Crippen molar-refractivity contribution < 1.29 is 0 Å². The Bertz CT molecular complexity index is 218. The van der Waals surface area contributed by atoms with E-state index in [4.69, 9.17) is 0 Å². The molecule has 94 valence electrons. The van der Waals surface area contributed by atoms with Crippen molar-refractivity contribution in [1.29, 1.82) is 0 Å². The summed E-state index contributed by atoms with van der Waals surface area (Å²) in [7, 11) is 0. The van der Waals surface area contributed by atoms with Gasteiger partial charge < -0.3 is 5.32 Å². The molecule has 1 aliphatic carbocycles. The Balaban J connectivity index is 2.54. The van der Waals surface area contributed by atoms with Gasteiger partial charge in [0, 0.05) is 12.6 Å². The second kappa shape index (κ2) is 7.21. The molecule has 0 aliphatic heterocycles. The standard InChI is InChI=1S/C13H26N2S/c1-5-9-14-13(16-4)15-12-10(2)7-6-8-11(12)3/h10-12H,5-9H2,1-4H3,(H,14,15). The molecule has 3 heteroatoms. The lowest BCUT2D eigenvalue weighted by Crippen LogP contribution is -2.44. The van der Waals surface area contributed by atoms with Gasteiger partial charge in [-0.1, -0.05) is 39.0 Å². The zero-order valence-corrected chi connectivity index (χ0v) is 11.9. The summed E-state index contributed by atoms with van der Waals surface area (Å²) in [6.07, 6.45) is 7.34. The fourth-order valence-electron chi connectivity index (χ4n) is 2.49. The number of amidine groups is 1. The largest absolute Gasteiger partial charge is 0.362 e. The third-order valence-corrected chi connectivity index (χ3v) is 4.14. The highest BCUT2D eigenvalue weighted by Gasteiger charge is 2.28. The lowest BCUT2D eigenvalue weighted by atomic mass is 9.79. The molecule has 1 fully saturated rings. The monoisotopic (exact) mass is 242 g/mol. The van der Waals surface area contributed by atoms with Crippen molar-refractivity contribution >= 4 is 16.9 Å². The normalized spacial score (nSPS) is 31.5. The van der Waals surface area contributed by atoms with Crippen LogP contribution in [0.2, 0.25) is 0 Å². The number of thioether (sulfide) groups is 1. The zero-order valence-electron chi connectivity index (χ0n) is 11.1. The number of nitrogens with one attached hydrogen (secondary N) is 1. The third-order valence-electron chi connectivity index (χ3n) is 3.51. The van der Waals surface area contributed by atoms with Crippen molar-refractivity contribution in [1.82, 2.24) is 5.32 Å². The Morgan fingerprint density at radius 1 is 1.31 bits per heavy atom. The van der Waals surface area contributed by atoms with Gasteiger partial charge in [-0.2, -0.15) is 0 Å².